The van der Waals surface area contributed by atoms with Crippen molar-refractivity contribution in [3.05, 3.63) is 53.3 Å². The summed E-state index contributed by atoms with van der Waals surface area (Å²) in [6.07, 6.45) is 3.14. The van der Waals surface area contributed by atoms with Crippen molar-refractivity contribution in [1.82, 2.24) is 15.1 Å². The van der Waals surface area contributed by atoms with E-state index in [9.17, 15) is 4.79 Å². The minimum Gasteiger partial charge on any atom is -0.409 e. The molecule has 2 aromatic rings. The van der Waals surface area contributed by atoms with Crippen LogP contribution in [0.25, 0.3) is 0 Å². The molecule has 1 aromatic heterocycles. The highest BCUT2D eigenvalue weighted by atomic mass is 16.4. The second-order valence-electron chi connectivity index (χ2n) is 4.27. The molecule has 0 fully saturated rings. The molecule has 2 rings (SSSR count). The lowest BCUT2D eigenvalue weighted by Gasteiger charge is -2.05. The Morgan fingerprint density at radius 2 is 2.30 bits per heavy atom. The molecule has 0 aliphatic heterocycles. The van der Waals surface area contributed by atoms with Gasteiger partial charge in [0.15, 0.2) is 5.84 Å². The van der Waals surface area contributed by atoms with Crippen LogP contribution in [0.2, 0.25) is 0 Å². The van der Waals surface area contributed by atoms with Gasteiger partial charge < -0.3 is 16.3 Å². The molecular weight excluding hydrogens is 258 g/mol. The molecule has 0 atom stereocenters. The number of aryl methyl sites for hydroxylation is 1. The summed E-state index contributed by atoms with van der Waals surface area (Å²) >= 11 is 0. The average molecular weight is 273 g/mol. The second kappa shape index (κ2) is 5.87. The van der Waals surface area contributed by atoms with Gasteiger partial charge in [0.05, 0.1) is 11.8 Å². The zero-order chi connectivity index (χ0) is 14.5. The maximum Gasteiger partial charge on any atom is 0.254 e. The van der Waals surface area contributed by atoms with Gasteiger partial charge in [0.25, 0.3) is 5.91 Å². The second-order valence-corrected chi connectivity index (χ2v) is 4.27. The standard InChI is InChI=1S/C13H15N5O2/c1-18-8-11(7-16-18)13(19)15-6-9-3-2-4-10(5-9)12(14)17-20/h2-5,7-8,20H,6H2,1H3,(H2,14,17)(H,15,19). The molecule has 0 saturated carbocycles. The molecule has 0 radical (unpaired) electrons. The van der Waals surface area contributed by atoms with Gasteiger partial charge in [0.2, 0.25) is 0 Å². The molecule has 0 aliphatic carbocycles. The van der Waals surface area contributed by atoms with Crippen LogP contribution in [0.1, 0.15) is 21.5 Å². The maximum absolute atomic E-state index is 11.9. The zero-order valence-electron chi connectivity index (χ0n) is 10.9. The molecule has 1 aromatic carbocycles. The van der Waals surface area contributed by atoms with Crippen LogP contribution in [0.15, 0.2) is 41.8 Å². The number of aromatic nitrogens is 2. The molecule has 7 nitrogen and oxygen atoms in total. The molecule has 0 unspecified atom stereocenters. The normalized spacial score (nSPS) is 11.3. The van der Waals surface area contributed by atoms with Crippen LogP contribution in [0.3, 0.4) is 0 Å². The molecule has 0 spiro atoms. The van der Waals surface area contributed by atoms with Crippen molar-refractivity contribution in [1.29, 1.82) is 0 Å². The Kier molecular flexibility index (Phi) is 3.99. The lowest BCUT2D eigenvalue weighted by atomic mass is 10.1. The average Bonchev–Trinajstić information content (AvgIpc) is 2.91. The number of benzene rings is 1. The monoisotopic (exact) mass is 273 g/mol. The van der Waals surface area contributed by atoms with Gasteiger partial charge in [-0.3, -0.25) is 9.48 Å². The van der Waals surface area contributed by atoms with Gasteiger partial charge in [0, 0.05) is 25.4 Å². The van der Waals surface area contributed by atoms with Crippen molar-refractivity contribution in [2.24, 2.45) is 17.9 Å². The van der Waals surface area contributed by atoms with Gasteiger partial charge in [-0.15, -0.1) is 0 Å². The van der Waals surface area contributed by atoms with E-state index in [-0.39, 0.29) is 11.7 Å². The van der Waals surface area contributed by atoms with Gasteiger partial charge in [-0.25, -0.2) is 0 Å². The van der Waals surface area contributed by atoms with Gasteiger partial charge >= 0.3 is 0 Å². The number of hydrogen-bond acceptors (Lipinski definition) is 4. The Morgan fingerprint density at radius 1 is 1.50 bits per heavy atom. The molecule has 0 saturated heterocycles. The summed E-state index contributed by atoms with van der Waals surface area (Å²) in [5.41, 5.74) is 7.47. The largest absolute Gasteiger partial charge is 0.409 e. The van der Waals surface area contributed by atoms with E-state index in [1.165, 1.54) is 6.20 Å². The number of hydrogen-bond donors (Lipinski definition) is 3. The van der Waals surface area contributed by atoms with Crippen LogP contribution in [-0.2, 0) is 13.6 Å². The fourth-order valence-electron chi connectivity index (χ4n) is 1.72. The first-order chi connectivity index (χ1) is 9.60. The summed E-state index contributed by atoms with van der Waals surface area (Å²) in [5, 5.41) is 18.3. The Balaban J connectivity index is 2.02. The SMILES string of the molecule is Cn1cc(C(=O)NCc2cccc(C(N)=NO)c2)cn1. The highest BCUT2D eigenvalue weighted by molar-refractivity contribution is 5.97. The minimum atomic E-state index is -0.202. The van der Waals surface area contributed by atoms with E-state index >= 15 is 0 Å². The van der Waals surface area contributed by atoms with E-state index in [2.05, 4.69) is 15.6 Å². The Hall–Kier alpha value is -2.83. The van der Waals surface area contributed by atoms with Crippen molar-refractivity contribution in [2.75, 3.05) is 0 Å². The van der Waals surface area contributed by atoms with Crippen molar-refractivity contribution in [2.45, 2.75) is 6.54 Å². The molecule has 1 heterocycles. The van der Waals surface area contributed by atoms with Gasteiger partial charge in [-0.05, 0) is 11.6 Å². The summed E-state index contributed by atoms with van der Waals surface area (Å²) in [6.45, 7) is 0.347. The first-order valence-electron chi connectivity index (χ1n) is 5.94. The van der Waals surface area contributed by atoms with Crippen LogP contribution in [0.5, 0.6) is 0 Å². The van der Waals surface area contributed by atoms with Crippen molar-refractivity contribution in [3.8, 4) is 0 Å². The van der Waals surface area contributed by atoms with E-state index in [1.54, 1.807) is 36.1 Å². The van der Waals surface area contributed by atoms with Crippen LogP contribution in [0, 0.1) is 0 Å². The number of amides is 1. The van der Waals surface area contributed by atoms with Crippen LogP contribution in [-0.4, -0.2) is 26.7 Å². The van der Waals surface area contributed by atoms with Crippen LogP contribution >= 0.6 is 0 Å². The Morgan fingerprint density at radius 3 is 2.95 bits per heavy atom. The molecular formula is C13H15N5O2. The number of amidine groups is 1. The van der Waals surface area contributed by atoms with E-state index in [1.807, 2.05) is 6.07 Å². The molecule has 1 amide bonds. The Bertz CT molecular complexity index is 648. The molecule has 104 valence electrons. The number of rotatable bonds is 4. The third-order valence-corrected chi connectivity index (χ3v) is 2.75. The van der Waals surface area contributed by atoms with Gasteiger partial charge in [-0.2, -0.15) is 5.10 Å². The van der Waals surface area contributed by atoms with E-state index in [0.717, 1.165) is 5.56 Å². The molecule has 0 bridgehead atoms. The predicted molar refractivity (Wildman–Crippen MR) is 73.3 cm³/mol. The molecule has 0 aliphatic rings. The number of nitrogens with one attached hydrogen (secondary N) is 1. The Labute approximate surface area is 115 Å². The van der Waals surface area contributed by atoms with Crippen LogP contribution in [0.4, 0.5) is 0 Å². The summed E-state index contributed by atoms with van der Waals surface area (Å²) in [6, 6.07) is 7.09. The molecule has 4 N–H and O–H groups in total. The van der Waals surface area contributed by atoms with Gasteiger partial charge in [0.1, 0.15) is 0 Å². The molecule has 20 heavy (non-hydrogen) atoms. The number of oxime groups is 1. The summed E-state index contributed by atoms with van der Waals surface area (Å²) < 4.78 is 1.56. The predicted octanol–water partition coefficient (Wildman–Crippen LogP) is 0.445. The lowest BCUT2D eigenvalue weighted by molar-refractivity contribution is 0.0951. The number of carbonyl (C=O) groups is 1. The van der Waals surface area contributed by atoms with E-state index in [0.29, 0.717) is 17.7 Å². The van der Waals surface area contributed by atoms with Crippen molar-refractivity contribution >= 4 is 11.7 Å². The maximum atomic E-state index is 11.9. The number of nitrogens with zero attached hydrogens (tertiary/aromatic N) is 3. The van der Waals surface area contributed by atoms with Crippen LogP contribution < -0.4 is 11.1 Å². The van der Waals surface area contributed by atoms with Crippen molar-refractivity contribution < 1.29 is 10.0 Å². The quantitative estimate of drug-likeness (QED) is 0.325. The third-order valence-electron chi connectivity index (χ3n) is 2.75. The third kappa shape index (κ3) is 3.14. The zero-order valence-corrected chi connectivity index (χ0v) is 10.9. The fourth-order valence-corrected chi connectivity index (χ4v) is 1.72. The molecule has 7 heteroatoms. The minimum absolute atomic E-state index is 0.0328. The lowest BCUT2D eigenvalue weighted by Crippen LogP contribution is -2.22. The fraction of sp³-hybridized carbons (Fsp3) is 0.154. The highest BCUT2D eigenvalue weighted by Crippen LogP contribution is 2.05. The number of nitrogens with two attached hydrogens (primary N) is 1. The summed E-state index contributed by atoms with van der Waals surface area (Å²) in [4.78, 5) is 11.9. The first kappa shape index (κ1) is 13.6. The van der Waals surface area contributed by atoms with Crippen molar-refractivity contribution in [3.63, 3.8) is 0 Å². The first-order valence-corrected chi connectivity index (χ1v) is 5.94. The topological polar surface area (TPSA) is 106 Å². The van der Waals surface area contributed by atoms with E-state index < -0.39 is 0 Å². The number of carbonyl (C=O) groups excluding carboxylic acids is 1. The summed E-state index contributed by atoms with van der Waals surface area (Å²) in [5.74, 6) is -0.169. The highest BCUT2D eigenvalue weighted by Gasteiger charge is 2.07. The van der Waals surface area contributed by atoms with Gasteiger partial charge in [-0.1, -0.05) is 23.4 Å². The summed E-state index contributed by atoms with van der Waals surface area (Å²) in [7, 11) is 1.75. The smallest absolute Gasteiger partial charge is 0.254 e. The van der Waals surface area contributed by atoms with E-state index in [4.69, 9.17) is 10.9 Å².